The molecule has 132 valence electrons. The normalized spacial score (nSPS) is 12.6. The van der Waals surface area contributed by atoms with Crippen LogP contribution < -0.4 is 5.32 Å². The third-order valence-corrected chi connectivity index (χ3v) is 4.75. The van der Waals surface area contributed by atoms with Crippen LogP contribution >= 0.6 is 0 Å². The Morgan fingerprint density at radius 2 is 2.04 bits per heavy atom. The smallest absolute Gasteiger partial charge is 0.220 e. The molecule has 1 atom stereocenters. The van der Waals surface area contributed by atoms with Crippen LogP contribution in [0, 0.1) is 13.8 Å². The number of benzene rings is 1. The quantitative estimate of drug-likeness (QED) is 0.745. The summed E-state index contributed by atoms with van der Waals surface area (Å²) in [4.78, 5) is 16.9. The summed E-state index contributed by atoms with van der Waals surface area (Å²) in [6.07, 6.45) is 3.25. The van der Waals surface area contributed by atoms with E-state index in [4.69, 9.17) is 4.98 Å². The minimum Gasteiger partial charge on any atom is -0.354 e. The zero-order valence-corrected chi connectivity index (χ0v) is 15.5. The van der Waals surface area contributed by atoms with Crippen LogP contribution in [0.3, 0.4) is 0 Å². The maximum absolute atomic E-state index is 12.2. The summed E-state index contributed by atoms with van der Waals surface area (Å²) >= 11 is 0. The summed E-state index contributed by atoms with van der Waals surface area (Å²) in [7, 11) is 0. The molecule has 1 N–H and O–H groups in total. The van der Waals surface area contributed by atoms with E-state index in [0.29, 0.717) is 12.8 Å². The second kappa shape index (κ2) is 7.21. The van der Waals surface area contributed by atoms with Gasteiger partial charge >= 0.3 is 0 Å². The Bertz CT molecular complexity index is 913. The first kappa shape index (κ1) is 17.4. The van der Waals surface area contributed by atoms with Crippen molar-refractivity contribution in [2.45, 2.75) is 59.4 Å². The molecule has 0 fully saturated rings. The summed E-state index contributed by atoms with van der Waals surface area (Å²) in [6, 6.07) is 8.27. The molecule has 0 aliphatic carbocycles. The number of aryl methyl sites for hydroxylation is 2. The van der Waals surface area contributed by atoms with Crippen LogP contribution in [0.2, 0.25) is 0 Å². The van der Waals surface area contributed by atoms with Crippen LogP contribution in [-0.4, -0.2) is 26.5 Å². The number of rotatable bonds is 6. The van der Waals surface area contributed by atoms with E-state index in [9.17, 15) is 4.79 Å². The summed E-state index contributed by atoms with van der Waals surface area (Å²) in [6.45, 7) is 8.26. The fraction of sp³-hybridized carbons (Fsp3) is 0.450. The number of aromatic nitrogens is 3. The lowest BCUT2D eigenvalue weighted by molar-refractivity contribution is -0.121. The number of carbonyl (C=O) groups is 1. The third-order valence-electron chi connectivity index (χ3n) is 4.75. The van der Waals surface area contributed by atoms with Crippen LogP contribution in [0.5, 0.6) is 0 Å². The number of fused-ring (bicyclic) bond motifs is 3. The molecule has 0 radical (unpaired) electrons. The summed E-state index contributed by atoms with van der Waals surface area (Å²) in [5, 5.41) is 8.80. The minimum atomic E-state index is 0.102. The summed E-state index contributed by atoms with van der Waals surface area (Å²) in [5.41, 5.74) is 4.98. The number of nitrogens with one attached hydrogen (secondary N) is 1. The second-order valence-electron chi connectivity index (χ2n) is 6.77. The molecule has 0 unspecified atom stereocenters. The van der Waals surface area contributed by atoms with E-state index in [1.54, 1.807) is 0 Å². The maximum atomic E-state index is 12.2. The number of nitrogens with zero attached hydrogens (tertiary/aromatic N) is 3. The number of hydrogen-bond donors (Lipinski definition) is 1. The van der Waals surface area contributed by atoms with Crippen LogP contribution in [-0.2, 0) is 11.2 Å². The molecule has 5 nitrogen and oxygen atoms in total. The van der Waals surface area contributed by atoms with Crippen molar-refractivity contribution in [2.75, 3.05) is 0 Å². The zero-order valence-electron chi connectivity index (χ0n) is 15.5. The fourth-order valence-electron chi connectivity index (χ4n) is 3.43. The van der Waals surface area contributed by atoms with E-state index in [1.165, 1.54) is 0 Å². The van der Waals surface area contributed by atoms with Crippen LogP contribution in [0.15, 0.2) is 24.3 Å². The molecule has 0 spiro atoms. The average molecular weight is 338 g/mol. The van der Waals surface area contributed by atoms with Gasteiger partial charge in [0.2, 0.25) is 5.91 Å². The molecule has 3 rings (SSSR count). The molecule has 0 aliphatic rings. The van der Waals surface area contributed by atoms with Gasteiger partial charge in [-0.1, -0.05) is 25.5 Å². The van der Waals surface area contributed by atoms with Gasteiger partial charge in [-0.15, -0.1) is 0 Å². The molecule has 25 heavy (non-hydrogen) atoms. The highest BCUT2D eigenvalue weighted by Crippen LogP contribution is 2.22. The highest BCUT2D eigenvalue weighted by molar-refractivity contribution is 5.92. The van der Waals surface area contributed by atoms with Crippen LogP contribution in [0.25, 0.3) is 16.6 Å². The van der Waals surface area contributed by atoms with Crippen LogP contribution in [0.4, 0.5) is 0 Å². The van der Waals surface area contributed by atoms with Gasteiger partial charge in [0.1, 0.15) is 0 Å². The molecule has 1 aromatic carbocycles. The minimum absolute atomic E-state index is 0.102. The van der Waals surface area contributed by atoms with Crippen molar-refractivity contribution >= 4 is 22.5 Å². The third kappa shape index (κ3) is 3.50. The molecular formula is C20H26N4O. The molecule has 0 saturated heterocycles. The Morgan fingerprint density at radius 3 is 2.80 bits per heavy atom. The van der Waals surface area contributed by atoms with Crippen molar-refractivity contribution in [1.82, 2.24) is 19.9 Å². The van der Waals surface area contributed by atoms with Gasteiger partial charge in [0.15, 0.2) is 5.65 Å². The van der Waals surface area contributed by atoms with Gasteiger partial charge in [-0.25, -0.2) is 9.50 Å². The average Bonchev–Trinajstić information content (AvgIpc) is 2.94. The molecule has 3 aromatic rings. The highest BCUT2D eigenvalue weighted by Gasteiger charge is 2.15. The van der Waals surface area contributed by atoms with Crippen molar-refractivity contribution < 1.29 is 4.79 Å². The topological polar surface area (TPSA) is 59.3 Å². The summed E-state index contributed by atoms with van der Waals surface area (Å²) < 4.78 is 1.91. The van der Waals surface area contributed by atoms with Gasteiger partial charge in [-0.3, -0.25) is 4.79 Å². The van der Waals surface area contributed by atoms with Gasteiger partial charge in [0, 0.05) is 29.2 Å². The Balaban J connectivity index is 1.84. The number of hydrogen-bond acceptors (Lipinski definition) is 3. The van der Waals surface area contributed by atoms with E-state index in [0.717, 1.165) is 46.3 Å². The van der Waals surface area contributed by atoms with Crippen LogP contribution in [0.1, 0.15) is 50.1 Å². The Labute approximate surface area is 148 Å². The molecular weight excluding hydrogens is 312 g/mol. The predicted molar refractivity (Wildman–Crippen MR) is 101 cm³/mol. The number of carbonyl (C=O) groups excluding carboxylic acids is 1. The van der Waals surface area contributed by atoms with Crippen molar-refractivity contribution in [3.63, 3.8) is 0 Å². The zero-order chi connectivity index (χ0) is 18.0. The fourth-order valence-corrected chi connectivity index (χ4v) is 3.43. The Morgan fingerprint density at radius 1 is 1.28 bits per heavy atom. The van der Waals surface area contributed by atoms with Crippen molar-refractivity contribution in [3.8, 4) is 0 Å². The number of amides is 1. The van der Waals surface area contributed by atoms with E-state index < -0.39 is 0 Å². The standard InChI is InChI=1S/C20H26N4O/c1-5-8-13(2)21-19(25)12-11-16-14(3)22-20-17-9-6-7-10-18(17)23-24(20)15(16)4/h6-7,9-10,13H,5,8,11-12H2,1-4H3,(H,21,25)/t13-/m0/s1. The molecule has 5 heteroatoms. The predicted octanol–water partition coefficient (Wildman–Crippen LogP) is 3.74. The van der Waals surface area contributed by atoms with E-state index in [-0.39, 0.29) is 11.9 Å². The van der Waals surface area contributed by atoms with E-state index in [1.807, 2.05) is 35.7 Å². The molecule has 1 amide bonds. The van der Waals surface area contributed by atoms with Gasteiger partial charge in [0.25, 0.3) is 0 Å². The van der Waals surface area contributed by atoms with Crippen molar-refractivity contribution in [1.29, 1.82) is 0 Å². The molecule has 2 heterocycles. The van der Waals surface area contributed by atoms with Crippen molar-refractivity contribution in [3.05, 3.63) is 41.2 Å². The summed E-state index contributed by atoms with van der Waals surface area (Å²) in [5.74, 6) is 0.102. The molecule has 2 aromatic heterocycles. The lowest BCUT2D eigenvalue weighted by Gasteiger charge is -2.14. The van der Waals surface area contributed by atoms with Gasteiger partial charge < -0.3 is 5.32 Å². The van der Waals surface area contributed by atoms with Crippen molar-refractivity contribution in [2.24, 2.45) is 0 Å². The first-order valence-corrected chi connectivity index (χ1v) is 9.04. The Hall–Kier alpha value is -2.43. The monoisotopic (exact) mass is 338 g/mol. The molecule has 0 bridgehead atoms. The second-order valence-corrected chi connectivity index (χ2v) is 6.77. The van der Waals surface area contributed by atoms with Gasteiger partial charge in [0.05, 0.1) is 5.52 Å². The first-order chi connectivity index (χ1) is 12.0. The first-order valence-electron chi connectivity index (χ1n) is 9.04. The largest absolute Gasteiger partial charge is 0.354 e. The SMILES string of the molecule is CCC[C@H](C)NC(=O)CCc1c(C)nc2c3ccccc3nn2c1C. The lowest BCUT2D eigenvalue weighted by Crippen LogP contribution is -2.32. The lowest BCUT2D eigenvalue weighted by atomic mass is 10.1. The molecule has 0 aliphatic heterocycles. The highest BCUT2D eigenvalue weighted by atomic mass is 16.1. The maximum Gasteiger partial charge on any atom is 0.220 e. The van der Waals surface area contributed by atoms with E-state index in [2.05, 4.69) is 31.2 Å². The van der Waals surface area contributed by atoms with Gasteiger partial charge in [-0.05, 0) is 51.3 Å². The van der Waals surface area contributed by atoms with E-state index >= 15 is 0 Å². The molecule has 0 saturated carbocycles. The van der Waals surface area contributed by atoms with Gasteiger partial charge in [-0.2, -0.15) is 5.10 Å². The Kier molecular flexibility index (Phi) is 5.02.